The molecule has 5 rings (SSSR count). The van der Waals surface area contributed by atoms with E-state index in [-0.39, 0.29) is 29.5 Å². The Morgan fingerprint density at radius 1 is 1.07 bits per heavy atom. The van der Waals surface area contributed by atoms with Crippen molar-refractivity contribution in [2.45, 2.75) is 44.6 Å². The number of fused-ring (bicyclic) bond motifs is 1. The number of nitro groups is 1. The molecule has 0 aliphatic heterocycles. The fraction of sp³-hybridized carbons (Fsp3) is 0.250. The first kappa shape index (κ1) is 28.7. The number of rotatable bonds is 7. The molecule has 0 spiro atoms. The Hall–Kier alpha value is -2.79. The normalized spacial score (nSPS) is 14.2. The van der Waals surface area contributed by atoms with Crippen LogP contribution in [-0.2, 0) is 6.61 Å². The van der Waals surface area contributed by atoms with Gasteiger partial charge in [-0.3, -0.25) is 14.9 Å². The molecule has 1 aliphatic rings. The summed E-state index contributed by atoms with van der Waals surface area (Å²) in [6.07, 6.45) is 6.55. The maximum Gasteiger partial charge on any atom is 0.312 e. The summed E-state index contributed by atoms with van der Waals surface area (Å²) in [7, 11) is 0. The van der Waals surface area contributed by atoms with Gasteiger partial charge in [0, 0.05) is 22.0 Å². The van der Waals surface area contributed by atoms with Crippen LogP contribution in [-0.4, -0.2) is 20.8 Å². The summed E-state index contributed by atoms with van der Waals surface area (Å²) in [5.41, 5.74) is 1.18. The average molecular weight is 709 g/mol. The van der Waals surface area contributed by atoms with E-state index < -0.39 is 4.92 Å². The molecule has 206 valence electrons. The van der Waals surface area contributed by atoms with Crippen LogP contribution in [0, 0.1) is 10.1 Å². The highest BCUT2D eigenvalue weighted by Crippen LogP contribution is 2.37. The van der Waals surface area contributed by atoms with Gasteiger partial charge in [-0.2, -0.15) is 9.78 Å². The number of nitro benzene ring substituents is 1. The van der Waals surface area contributed by atoms with Gasteiger partial charge in [0.25, 0.3) is 5.56 Å². The number of nitrogens with zero attached hydrogens (tertiary/aromatic N) is 4. The van der Waals surface area contributed by atoms with Gasteiger partial charge in [0.1, 0.15) is 12.4 Å². The average Bonchev–Trinajstić information content (AvgIpc) is 2.94. The minimum atomic E-state index is -0.527. The first-order valence-electron chi connectivity index (χ1n) is 12.5. The van der Waals surface area contributed by atoms with Gasteiger partial charge >= 0.3 is 5.69 Å². The van der Waals surface area contributed by atoms with Crippen LogP contribution >= 0.6 is 55.1 Å². The summed E-state index contributed by atoms with van der Waals surface area (Å²) >= 11 is 18.9. The van der Waals surface area contributed by atoms with Crippen LogP contribution in [0.4, 0.5) is 5.69 Å². The largest absolute Gasteiger partial charge is 0.481 e. The Morgan fingerprint density at radius 3 is 2.58 bits per heavy atom. The quantitative estimate of drug-likeness (QED) is 0.109. The van der Waals surface area contributed by atoms with E-state index in [1.807, 2.05) is 12.1 Å². The molecule has 1 heterocycles. The number of hydrogen-bond donors (Lipinski definition) is 0. The monoisotopic (exact) mass is 706 g/mol. The van der Waals surface area contributed by atoms with Crippen molar-refractivity contribution in [3.63, 3.8) is 0 Å². The zero-order chi connectivity index (χ0) is 28.4. The van der Waals surface area contributed by atoms with Crippen molar-refractivity contribution in [2.75, 3.05) is 0 Å². The highest BCUT2D eigenvalue weighted by atomic mass is 79.9. The van der Waals surface area contributed by atoms with Crippen molar-refractivity contribution in [2.24, 2.45) is 5.10 Å². The third-order valence-electron chi connectivity index (χ3n) is 6.74. The van der Waals surface area contributed by atoms with Crippen molar-refractivity contribution in [1.29, 1.82) is 0 Å². The summed E-state index contributed by atoms with van der Waals surface area (Å²) in [5.74, 6) is 0.765. The van der Waals surface area contributed by atoms with Crippen molar-refractivity contribution in [3.05, 3.63) is 105 Å². The van der Waals surface area contributed by atoms with Gasteiger partial charge < -0.3 is 4.74 Å². The topological polar surface area (TPSA) is 99.6 Å². The SMILES string of the molecule is O=c1c2cc(Br)ccc2nc(C2CCCCC2)n1N=Cc1cc(Br)c(OCc2ccc(Cl)c(Cl)c2)c([N+](=O)[O-])c1. The van der Waals surface area contributed by atoms with Crippen LogP contribution in [0.25, 0.3) is 10.9 Å². The van der Waals surface area contributed by atoms with Crippen LogP contribution in [0.15, 0.2) is 67.4 Å². The van der Waals surface area contributed by atoms with E-state index in [0.29, 0.717) is 42.4 Å². The standard InChI is InChI=1S/C28H22Br2Cl2N4O4/c29-19-7-9-24-20(13-19)28(37)35(27(34-24)18-4-2-1-3-5-18)33-14-17-10-21(30)26(25(12-17)36(38)39)40-15-16-6-8-22(31)23(32)11-16/h6-14,18H,1-5,15H2. The van der Waals surface area contributed by atoms with Gasteiger partial charge in [-0.15, -0.1) is 0 Å². The van der Waals surface area contributed by atoms with E-state index in [1.165, 1.54) is 17.0 Å². The number of halogens is 4. The highest BCUT2D eigenvalue weighted by Gasteiger charge is 2.23. The zero-order valence-electron chi connectivity index (χ0n) is 20.9. The number of ether oxygens (including phenoxy) is 1. The Morgan fingerprint density at radius 2 is 1.85 bits per heavy atom. The minimum Gasteiger partial charge on any atom is -0.481 e. The van der Waals surface area contributed by atoms with E-state index in [4.69, 9.17) is 32.9 Å². The Kier molecular flexibility index (Phi) is 8.89. The molecule has 0 saturated heterocycles. The van der Waals surface area contributed by atoms with Crippen LogP contribution in [0.1, 0.15) is 55.0 Å². The predicted octanol–water partition coefficient (Wildman–Crippen LogP) is 8.65. The summed E-state index contributed by atoms with van der Waals surface area (Å²) in [6, 6.07) is 13.4. The third-order valence-corrected chi connectivity index (χ3v) is 8.56. The lowest BCUT2D eigenvalue weighted by Gasteiger charge is -2.22. The second-order valence-corrected chi connectivity index (χ2v) is 12.1. The number of aromatic nitrogens is 2. The smallest absolute Gasteiger partial charge is 0.312 e. The summed E-state index contributed by atoms with van der Waals surface area (Å²) in [6.45, 7) is 0.0439. The molecule has 1 saturated carbocycles. The molecular formula is C28H22Br2Cl2N4O4. The minimum absolute atomic E-state index is 0.0439. The van der Waals surface area contributed by atoms with Gasteiger partial charge in [-0.05, 0) is 70.7 Å². The Bertz CT molecular complexity index is 1700. The predicted molar refractivity (Wildman–Crippen MR) is 164 cm³/mol. The van der Waals surface area contributed by atoms with Crippen LogP contribution in [0.3, 0.4) is 0 Å². The molecule has 1 fully saturated rings. The van der Waals surface area contributed by atoms with Gasteiger partial charge in [0.2, 0.25) is 5.75 Å². The maximum absolute atomic E-state index is 13.6. The molecule has 4 aromatic rings. The molecule has 1 aliphatic carbocycles. The van der Waals surface area contributed by atoms with Crippen LogP contribution < -0.4 is 10.3 Å². The van der Waals surface area contributed by atoms with Crippen LogP contribution in [0.2, 0.25) is 10.0 Å². The first-order valence-corrected chi connectivity index (χ1v) is 14.9. The molecule has 0 radical (unpaired) electrons. The van der Waals surface area contributed by atoms with Crippen molar-refractivity contribution in [1.82, 2.24) is 9.66 Å². The fourth-order valence-corrected chi connectivity index (χ4v) is 6.03. The lowest BCUT2D eigenvalue weighted by Crippen LogP contribution is -2.25. The first-order chi connectivity index (χ1) is 19.2. The van der Waals surface area contributed by atoms with E-state index in [2.05, 4.69) is 37.0 Å². The van der Waals surface area contributed by atoms with Crippen molar-refractivity contribution < 1.29 is 9.66 Å². The lowest BCUT2D eigenvalue weighted by atomic mass is 9.88. The van der Waals surface area contributed by atoms with Crippen molar-refractivity contribution in [3.8, 4) is 5.75 Å². The Balaban J connectivity index is 1.51. The van der Waals surface area contributed by atoms with E-state index in [0.717, 1.165) is 36.6 Å². The molecule has 8 nitrogen and oxygen atoms in total. The van der Waals surface area contributed by atoms with Gasteiger partial charge in [0.15, 0.2) is 0 Å². The third kappa shape index (κ3) is 6.25. The lowest BCUT2D eigenvalue weighted by molar-refractivity contribution is -0.386. The van der Waals surface area contributed by atoms with Crippen molar-refractivity contribution >= 4 is 77.9 Å². The molecule has 12 heteroatoms. The molecule has 0 atom stereocenters. The molecule has 0 amide bonds. The molecule has 0 unspecified atom stereocenters. The molecule has 1 aromatic heterocycles. The van der Waals surface area contributed by atoms with E-state index in [9.17, 15) is 14.9 Å². The van der Waals surface area contributed by atoms with Gasteiger partial charge in [0.05, 0.1) is 36.6 Å². The zero-order valence-corrected chi connectivity index (χ0v) is 25.6. The summed E-state index contributed by atoms with van der Waals surface area (Å²) < 4.78 is 8.26. The molecule has 0 N–H and O–H groups in total. The number of hydrogen-bond acceptors (Lipinski definition) is 6. The summed E-state index contributed by atoms with van der Waals surface area (Å²) in [5, 5.41) is 17.7. The molecule has 40 heavy (non-hydrogen) atoms. The molecule has 0 bridgehead atoms. The molecule has 3 aromatic carbocycles. The van der Waals surface area contributed by atoms with Crippen LogP contribution in [0.5, 0.6) is 5.75 Å². The van der Waals surface area contributed by atoms with E-state index in [1.54, 1.807) is 30.3 Å². The van der Waals surface area contributed by atoms with Gasteiger partial charge in [-0.25, -0.2) is 4.98 Å². The van der Waals surface area contributed by atoms with E-state index >= 15 is 0 Å². The summed E-state index contributed by atoms with van der Waals surface area (Å²) in [4.78, 5) is 29.8. The fourth-order valence-electron chi connectivity index (χ4n) is 4.76. The van der Waals surface area contributed by atoms with Gasteiger partial charge in [-0.1, -0.05) is 64.5 Å². The Labute approximate surface area is 256 Å². The second-order valence-electron chi connectivity index (χ2n) is 9.47. The number of benzene rings is 3. The maximum atomic E-state index is 13.6. The highest BCUT2D eigenvalue weighted by molar-refractivity contribution is 9.10. The second kappa shape index (κ2) is 12.4. The molecular weight excluding hydrogens is 687 g/mol.